The van der Waals surface area contributed by atoms with Gasteiger partial charge < -0.3 is 9.73 Å². The predicted molar refractivity (Wildman–Crippen MR) is 74.2 cm³/mol. The van der Waals surface area contributed by atoms with Crippen LogP contribution in [-0.2, 0) is 0 Å². The van der Waals surface area contributed by atoms with Gasteiger partial charge in [-0.25, -0.2) is 5.84 Å². The monoisotopic (exact) mass is 252 g/mol. The average Bonchev–Trinajstić information content (AvgIpc) is 2.63. The molecule has 1 aromatic heterocycles. The molecule has 0 saturated carbocycles. The zero-order chi connectivity index (χ0) is 13.7. The highest BCUT2D eigenvalue weighted by molar-refractivity contribution is 5.79. The summed E-state index contributed by atoms with van der Waals surface area (Å²) in [5, 5.41) is 3.25. The Kier molecular flexibility index (Phi) is 5.22. The van der Waals surface area contributed by atoms with E-state index >= 15 is 0 Å². The first-order valence-electron chi connectivity index (χ1n) is 6.28. The van der Waals surface area contributed by atoms with Crippen molar-refractivity contribution in [3.05, 3.63) is 23.2 Å². The number of nitrogens with two attached hydrogens (primary N) is 1. The molecule has 5 nitrogen and oxygen atoms in total. The minimum Gasteiger partial charge on any atom is -0.466 e. The molecule has 1 heterocycles. The van der Waals surface area contributed by atoms with Crippen LogP contribution in [0.25, 0.3) is 0 Å². The average molecular weight is 252 g/mol. The van der Waals surface area contributed by atoms with Crippen molar-refractivity contribution in [2.75, 3.05) is 6.54 Å². The van der Waals surface area contributed by atoms with Crippen LogP contribution < -0.4 is 16.6 Å². The Bertz CT molecular complexity index is 409. The molecule has 102 valence electrons. The molecule has 1 atom stereocenters. The minimum atomic E-state index is 0.101. The first kappa shape index (κ1) is 14.6. The first-order valence-corrected chi connectivity index (χ1v) is 6.28. The van der Waals surface area contributed by atoms with Crippen LogP contribution in [0.1, 0.15) is 43.9 Å². The van der Waals surface area contributed by atoms with Crippen molar-refractivity contribution < 1.29 is 4.42 Å². The number of rotatable bonds is 4. The highest BCUT2D eigenvalue weighted by atomic mass is 16.3. The Morgan fingerprint density at radius 3 is 2.50 bits per heavy atom. The van der Waals surface area contributed by atoms with Gasteiger partial charge in [0.2, 0.25) is 5.96 Å². The molecule has 1 unspecified atom stereocenters. The van der Waals surface area contributed by atoms with Crippen molar-refractivity contribution in [2.24, 2.45) is 16.8 Å². The zero-order valence-electron chi connectivity index (χ0n) is 11.9. The van der Waals surface area contributed by atoms with Gasteiger partial charge in [0, 0.05) is 12.1 Å². The van der Waals surface area contributed by atoms with Gasteiger partial charge in [-0.2, -0.15) is 0 Å². The summed E-state index contributed by atoms with van der Waals surface area (Å²) in [6.45, 7) is 10.9. The number of guanidine groups is 1. The molecule has 0 spiro atoms. The number of hydrogen-bond acceptors (Lipinski definition) is 3. The Labute approximate surface area is 109 Å². The van der Waals surface area contributed by atoms with Crippen LogP contribution in [0, 0.1) is 19.8 Å². The molecule has 0 aliphatic carbocycles. The van der Waals surface area contributed by atoms with E-state index in [1.165, 1.54) is 0 Å². The topological polar surface area (TPSA) is 75.6 Å². The van der Waals surface area contributed by atoms with E-state index in [1.54, 1.807) is 0 Å². The van der Waals surface area contributed by atoms with Gasteiger partial charge in [-0.1, -0.05) is 13.8 Å². The summed E-state index contributed by atoms with van der Waals surface area (Å²) in [7, 11) is 0. The number of hydrogen-bond donors (Lipinski definition) is 3. The van der Waals surface area contributed by atoms with E-state index < -0.39 is 0 Å². The van der Waals surface area contributed by atoms with Crippen molar-refractivity contribution in [3.8, 4) is 0 Å². The molecule has 0 fully saturated rings. The molecule has 0 amide bonds. The molecule has 4 N–H and O–H groups in total. The fourth-order valence-corrected chi connectivity index (χ4v) is 1.77. The second-order valence-corrected chi connectivity index (χ2v) is 4.96. The molecular formula is C13H24N4O. The number of aliphatic imine (C=N–C) groups is 1. The molecule has 18 heavy (non-hydrogen) atoms. The van der Waals surface area contributed by atoms with Crippen LogP contribution in [0.4, 0.5) is 0 Å². The third-order valence-corrected chi connectivity index (χ3v) is 2.65. The Morgan fingerprint density at radius 1 is 1.39 bits per heavy atom. The van der Waals surface area contributed by atoms with Crippen LogP contribution in [0.15, 0.2) is 15.5 Å². The number of furan rings is 1. The fraction of sp³-hybridized carbons (Fsp3) is 0.615. The number of nitrogens with one attached hydrogen (secondary N) is 2. The van der Waals surface area contributed by atoms with Crippen LogP contribution in [0.2, 0.25) is 0 Å². The number of hydrazine groups is 1. The first-order chi connectivity index (χ1) is 8.43. The summed E-state index contributed by atoms with van der Waals surface area (Å²) in [4.78, 5) is 4.38. The maximum Gasteiger partial charge on any atom is 0.206 e. The lowest BCUT2D eigenvalue weighted by atomic mass is 10.1. The second-order valence-electron chi connectivity index (χ2n) is 4.96. The third-order valence-electron chi connectivity index (χ3n) is 2.65. The normalized spacial score (nSPS) is 13.8. The second kappa shape index (κ2) is 6.44. The summed E-state index contributed by atoms with van der Waals surface area (Å²) in [5.41, 5.74) is 3.72. The van der Waals surface area contributed by atoms with Crippen molar-refractivity contribution in [1.29, 1.82) is 0 Å². The number of nitrogens with zero attached hydrogens (tertiary/aromatic N) is 1. The van der Waals surface area contributed by atoms with E-state index in [4.69, 9.17) is 10.3 Å². The van der Waals surface area contributed by atoms with Crippen LogP contribution in [-0.4, -0.2) is 12.5 Å². The van der Waals surface area contributed by atoms with Crippen molar-refractivity contribution in [3.63, 3.8) is 0 Å². The van der Waals surface area contributed by atoms with Crippen molar-refractivity contribution in [1.82, 2.24) is 10.7 Å². The Balaban J connectivity index is 2.70. The molecule has 1 rings (SSSR count). The van der Waals surface area contributed by atoms with E-state index in [0.717, 1.165) is 23.6 Å². The molecule has 0 saturated heterocycles. The molecular weight excluding hydrogens is 228 g/mol. The molecule has 0 aromatic carbocycles. The van der Waals surface area contributed by atoms with Crippen LogP contribution in [0.3, 0.4) is 0 Å². The largest absolute Gasteiger partial charge is 0.466 e. The third kappa shape index (κ3) is 4.07. The van der Waals surface area contributed by atoms with Gasteiger partial charge in [0.05, 0.1) is 6.04 Å². The highest BCUT2D eigenvalue weighted by Crippen LogP contribution is 2.20. The van der Waals surface area contributed by atoms with Gasteiger partial charge in [-0.05, 0) is 32.8 Å². The Hall–Kier alpha value is -1.49. The molecule has 0 aliphatic rings. The quantitative estimate of drug-likeness (QED) is 0.332. The van der Waals surface area contributed by atoms with Gasteiger partial charge in [0.25, 0.3) is 0 Å². The minimum absolute atomic E-state index is 0.101. The molecule has 5 heteroatoms. The number of aryl methyl sites for hydroxylation is 2. The smallest absolute Gasteiger partial charge is 0.206 e. The van der Waals surface area contributed by atoms with Gasteiger partial charge >= 0.3 is 0 Å². The Morgan fingerprint density at radius 2 is 2.06 bits per heavy atom. The summed E-state index contributed by atoms with van der Waals surface area (Å²) in [5.74, 6) is 8.41. The zero-order valence-corrected chi connectivity index (χ0v) is 11.9. The van der Waals surface area contributed by atoms with Crippen LogP contribution in [0.5, 0.6) is 0 Å². The van der Waals surface area contributed by atoms with E-state index in [0.29, 0.717) is 11.9 Å². The standard InChI is InChI=1S/C13H24N4O/c1-8(2)7-15-13(17-14)16-10(4)12-6-9(3)18-11(12)5/h6,8,10H,7,14H2,1-5H3,(H2,15,16,17). The molecule has 0 radical (unpaired) electrons. The SMILES string of the molecule is Cc1cc(C(C)NC(=NCC(C)C)NN)c(C)o1. The van der Waals surface area contributed by atoms with E-state index in [2.05, 4.69) is 36.5 Å². The predicted octanol–water partition coefficient (Wildman–Crippen LogP) is 2.02. The lowest BCUT2D eigenvalue weighted by Crippen LogP contribution is -2.43. The highest BCUT2D eigenvalue weighted by Gasteiger charge is 2.13. The molecule has 0 bridgehead atoms. The summed E-state index contributed by atoms with van der Waals surface area (Å²) in [6, 6.07) is 2.13. The lowest BCUT2D eigenvalue weighted by Gasteiger charge is -2.16. The van der Waals surface area contributed by atoms with Gasteiger partial charge in [-0.3, -0.25) is 10.4 Å². The fourth-order valence-electron chi connectivity index (χ4n) is 1.77. The maximum absolute atomic E-state index is 5.52. The van der Waals surface area contributed by atoms with Gasteiger partial charge in [0.15, 0.2) is 0 Å². The van der Waals surface area contributed by atoms with E-state index in [1.807, 2.05) is 19.9 Å². The molecule has 0 aliphatic heterocycles. The van der Waals surface area contributed by atoms with Crippen LogP contribution >= 0.6 is 0 Å². The maximum atomic E-state index is 5.52. The lowest BCUT2D eigenvalue weighted by molar-refractivity contribution is 0.496. The van der Waals surface area contributed by atoms with E-state index in [9.17, 15) is 0 Å². The summed E-state index contributed by atoms with van der Waals surface area (Å²) >= 11 is 0. The van der Waals surface area contributed by atoms with Crippen molar-refractivity contribution in [2.45, 2.75) is 40.7 Å². The van der Waals surface area contributed by atoms with E-state index in [-0.39, 0.29) is 6.04 Å². The summed E-state index contributed by atoms with van der Waals surface area (Å²) in [6.07, 6.45) is 0. The van der Waals surface area contributed by atoms with Gasteiger partial charge in [0.1, 0.15) is 11.5 Å². The van der Waals surface area contributed by atoms with Crippen molar-refractivity contribution >= 4 is 5.96 Å². The summed E-state index contributed by atoms with van der Waals surface area (Å²) < 4.78 is 5.52. The molecule has 1 aromatic rings. The van der Waals surface area contributed by atoms with Gasteiger partial charge in [-0.15, -0.1) is 0 Å².